The third-order valence-electron chi connectivity index (χ3n) is 1.01. The van der Waals surface area contributed by atoms with Crippen molar-refractivity contribution in [2.75, 3.05) is 20.0 Å². The van der Waals surface area contributed by atoms with Gasteiger partial charge >= 0.3 is 0 Å². The Morgan fingerprint density at radius 2 is 2.27 bits per heavy atom. The Hall–Kier alpha value is -0.220. The number of hydrogen-bond acceptors (Lipinski definition) is 3. The van der Waals surface area contributed by atoms with Gasteiger partial charge in [0.05, 0.1) is 12.0 Å². The van der Waals surface area contributed by atoms with E-state index in [0.717, 1.165) is 5.17 Å². The molecule has 1 N–H and O–H groups in total. The summed E-state index contributed by atoms with van der Waals surface area (Å²) in [6, 6.07) is 0. The monoisotopic (exact) mass is 176 g/mol. The molecule has 4 heteroatoms. The third kappa shape index (κ3) is 6.19. The molecule has 0 aromatic heterocycles. The van der Waals surface area contributed by atoms with Crippen LogP contribution in [0.2, 0.25) is 0 Å². The fourth-order valence-corrected chi connectivity index (χ4v) is 1.20. The van der Waals surface area contributed by atoms with Gasteiger partial charge in [0.1, 0.15) is 0 Å². The predicted octanol–water partition coefficient (Wildman–Crippen LogP) is 1.31. The van der Waals surface area contributed by atoms with E-state index in [2.05, 4.69) is 10.3 Å². The molecule has 3 nitrogen and oxygen atoms in total. The largest absolute Gasteiger partial charge is 0.368 e. The zero-order valence-electron chi connectivity index (χ0n) is 7.55. The average Bonchev–Trinajstić information content (AvgIpc) is 1.98. The van der Waals surface area contributed by atoms with Gasteiger partial charge in [-0.15, -0.1) is 0 Å². The van der Waals surface area contributed by atoms with Crippen LogP contribution in [-0.2, 0) is 4.74 Å². The topological polar surface area (TPSA) is 33.6 Å². The molecule has 0 saturated heterocycles. The van der Waals surface area contributed by atoms with Crippen LogP contribution < -0.4 is 5.32 Å². The average molecular weight is 176 g/mol. The Morgan fingerprint density at radius 3 is 2.64 bits per heavy atom. The van der Waals surface area contributed by atoms with Crippen molar-refractivity contribution in [3.63, 3.8) is 0 Å². The smallest absolute Gasteiger partial charge is 0.158 e. The summed E-state index contributed by atoms with van der Waals surface area (Å²) in [6.07, 6.45) is 0.289. The van der Waals surface area contributed by atoms with Gasteiger partial charge in [-0.2, -0.15) is 0 Å². The minimum Gasteiger partial charge on any atom is -0.368 e. The number of nitrogens with zero attached hydrogens (tertiary/aromatic N) is 1. The maximum absolute atomic E-state index is 5.32. The van der Waals surface area contributed by atoms with Crippen LogP contribution in [-0.4, -0.2) is 31.3 Å². The minimum atomic E-state index is 0.289. The van der Waals surface area contributed by atoms with E-state index in [9.17, 15) is 0 Å². The molecule has 0 fully saturated rings. The summed E-state index contributed by atoms with van der Waals surface area (Å²) in [5, 5.41) is 3.87. The van der Waals surface area contributed by atoms with E-state index in [1.807, 2.05) is 20.9 Å². The molecule has 11 heavy (non-hydrogen) atoms. The highest BCUT2D eigenvalue weighted by Gasteiger charge is 1.96. The van der Waals surface area contributed by atoms with Gasteiger partial charge in [-0.3, -0.25) is 4.99 Å². The number of hydrogen-bond donors (Lipinski definition) is 1. The third-order valence-corrected chi connectivity index (χ3v) is 1.93. The second-order valence-electron chi connectivity index (χ2n) is 2.26. The zero-order valence-corrected chi connectivity index (χ0v) is 8.36. The molecule has 0 aliphatic rings. The van der Waals surface area contributed by atoms with Crippen LogP contribution in [0.25, 0.3) is 0 Å². The lowest BCUT2D eigenvalue weighted by molar-refractivity contribution is 0.121. The lowest BCUT2D eigenvalue weighted by Crippen LogP contribution is -2.15. The van der Waals surface area contributed by atoms with Gasteiger partial charge < -0.3 is 10.1 Å². The van der Waals surface area contributed by atoms with Gasteiger partial charge in [0.15, 0.2) is 5.17 Å². The Morgan fingerprint density at radius 1 is 1.64 bits per heavy atom. The predicted molar refractivity (Wildman–Crippen MR) is 51.1 cm³/mol. The molecule has 0 atom stereocenters. The first-order valence-electron chi connectivity index (χ1n) is 3.59. The van der Waals surface area contributed by atoms with Crippen molar-refractivity contribution >= 4 is 16.9 Å². The van der Waals surface area contributed by atoms with Crippen LogP contribution >= 0.6 is 11.8 Å². The molecule has 0 radical (unpaired) electrons. The molecule has 0 bridgehead atoms. The number of aliphatic imine (C=N–C) groups is 1. The van der Waals surface area contributed by atoms with Crippen molar-refractivity contribution in [3.8, 4) is 0 Å². The maximum Gasteiger partial charge on any atom is 0.158 e. The molecule has 66 valence electrons. The first-order chi connectivity index (χ1) is 5.20. The normalized spacial score (nSPS) is 12.3. The van der Waals surface area contributed by atoms with E-state index in [1.54, 1.807) is 18.8 Å². The van der Waals surface area contributed by atoms with E-state index in [-0.39, 0.29) is 6.10 Å². The van der Waals surface area contributed by atoms with E-state index in [0.29, 0.717) is 5.94 Å². The summed E-state index contributed by atoms with van der Waals surface area (Å²) in [5.74, 6) is 0.658. The Kier molecular flexibility index (Phi) is 6.36. The molecule has 0 aromatic carbocycles. The first kappa shape index (κ1) is 10.8. The quantitative estimate of drug-likeness (QED) is 0.400. The number of nitrogens with one attached hydrogen (secondary N) is 1. The highest BCUT2D eigenvalue weighted by Crippen LogP contribution is 2.03. The van der Waals surface area contributed by atoms with Crippen molar-refractivity contribution in [1.29, 1.82) is 0 Å². The second-order valence-corrected chi connectivity index (χ2v) is 3.17. The molecule has 0 aliphatic carbocycles. The SMILES string of the molecule is CN=C(NC)SCOC(C)C. The van der Waals surface area contributed by atoms with Crippen molar-refractivity contribution in [2.24, 2.45) is 4.99 Å². The molecule has 0 heterocycles. The Bertz CT molecular complexity index is 126. The van der Waals surface area contributed by atoms with Crippen LogP contribution in [0, 0.1) is 0 Å². The molecule has 0 amide bonds. The van der Waals surface area contributed by atoms with E-state index in [4.69, 9.17) is 4.74 Å². The van der Waals surface area contributed by atoms with Crippen LogP contribution in [0.5, 0.6) is 0 Å². The van der Waals surface area contributed by atoms with Gasteiger partial charge in [-0.1, -0.05) is 11.8 Å². The van der Waals surface area contributed by atoms with Crippen molar-refractivity contribution in [1.82, 2.24) is 5.32 Å². The summed E-state index contributed by atoms with van der Waals surface area (Å²) in [6.45, 7) is 4.03. The summed E-state index contributed by atoms with van der Waals surface area (Å²) in [7, 11) is 3.61. The summed E-state index contributed by atoms with van der Waals surface area (Å²) in [5.41, 5.74) is 0. The highest BCUT2D eigenvalue weighted by atomic mass is 32.2. The van der Waals surface area contributed by atoms with Crippen LogP contribution in [0.15, 0.2) is 4.99 Å². The molecular formula is C7H16N2OS. The van der Waals surface area contributed by atoms with E-state index >= 15 is 0 Å². The molecule has 0 spiro atoms. The fourth-order valence-electron chi connectivity index (χ4n) is 0.474. The standard InChI is InChI=1S/C7H16N2OS/c1-6(2)10-5-11-7(8-3)9-4/h6H,5H2,1-4H3,(H,8,9). The first-order valence-corrected chi connectivity index (χ1v) is 4.58. The van der Waals surface area contributed by atoms with Gasteiger partial charge in [-0.25, -0.2) is 0 Å². The summed E-state index contributed by atoms with van der Waals surface area (Å²) >= 11 is 1.57. The highest BCUT2D eigenvalue weighted by molar-refractivity contribution is 8.13. The lowest BCUT2D eigenvalue weighted by atomic mass is 10.5. The Labute approximate surface area is 72.6 Å². The number of rotatable bonds is 3. The van der Waals surface area contributed by atoms with Crippen LogP contribution in [0.4, 0.5) is 0 Å². The second kappa shape index (κ2) is 6.49. The van der Waals surface area contributed by atoms with Crippen molar-refractivity contribution in [2.45, 2.75) is 20.0 Å². The van der Waals surface area contributed by atoms with E-state index < -0.39 is 0 Å². The van der Waals surface area contributed by atoms with Gasteiger partial charge in [0, 0.05) is 14.1 Å². The molecule has 0 aliphatic heterocycles. The lowest BCUT2D eigenvalue weighted by Gasteiger charge is -2.07. The molecule has 0 aromatic rings. The van der Waals surface area contributed by atoms with Crippen LogP contribution in [0.1, 0.15) is 13.8 Å². The molecule has 0 saturated carbocycles. The van der Waals surface area contributed by atoms with Crippen molar-refractivity contribution < 1.29 is 4.74 Å². The maximum atomic E-state index is 5.32. The van der Waals surface area contributed by atoms with E-state index in [1.165, 1.54) is 0 Å². The summed E-state index contributed by atoms with van der Waals surface area (Å²) < 4.78 is 5.32. The number of thioether (sulfide) groups is 1. The van der Waals surface area contributed by atoms with Gasteiger partial charge in [0.25, 0.3) is 0 Å². The summed E-state index contributed by atoms with van der Waals surface area (Å²) in [4.78, 5) is 3.99. The van der Waals surface area contributed by atoms with Gasteiger partial charge in [-0.05, 0) is 13.8 Å². The Balaban J connectivity index is 3.37. The van der Waals surface area contributed by atoms with Crippen LogP contribution in [0.3, 0.4) is 0 Å². The van der Waals surface area contributed by atoms with Gasteiger partial charge in [0.2, 0.25) is 0 Å². The number of amidine groups is 1. The number of ether oxygens (including phenoxy) is 1. The zero-order chi connectivity index (χ0) is 8.69. The minimum absolute atomic E-state index is 0.289. The molecule has 0 rings (SSSR count). The molecule has 0 unspecified atom stereocenters. The fraction of sp³-hybridized carbons (Fsp3) is 0.857. The molecular weight excluding hydrogens is 160 g/mol. The van der Waals surface area contributed by atoms with Crippen molar-refractivity contribution in [3.05, 3.63) is 0 Å².